The second-order valence-electron chi connectivity index (χ2n) is 4.60. The molecule has 1 fully saturated rings. The summed E-state index contributed by atoms with van der Waals surface area (Å²) in [4.78, 5) is 15.5. The van der Waals surface area contributed by atoms with Gasteiger partial charge in [0.2, 0.25) is 5.91 Å². The smallest absolute Gasteiger partial charge is 0.219 e. The topological polar surface area (TPSA) is 49.6 Å². The summed E-state index contributed by atoms with van der Waals surface area (Å²) in [5.74, 6) is 0.161. The number of carbonyl (C=O) groups is 1. The minimum Gasteiger partial charge on any atom is -0.399 e. The van der Waals surface area contributed by atoms with Gasteiger partial charge in [-0.1, -0.05) is 0 Å². The van der Waals surface area contributed by atoms with Crippen LogP contribution in [0.4, 0.5) is 11.4 Å². The summed E-state index contributed by atoms with van der Waals surface area (Å²) in [6.45, 7) is 6.24. The molecule has 0 radical (unpaired) electrons. The molecule has 1 aliphatic rings. The van der Waals surface area contributed by atoms with Crippen molar-refractivity contribution < 1.29 is 4.79 Å². The molecule has 1 aromatic rings. The number of amides is 1. The lowest BCUT2D eigenvalue weighted by Crippen LogP contribution is -2.53. The van der Waals surface area contributed by atoms with Gasteiger partial charge >= 0.3 is 0 Å². The van der Waals surface area contributed by atoms with Crippen molar-refractivity contribution >= 4 is 17.3 Å². The molecule has 0 aliphatic carbocycles. The van der Waals surface area contributed by atoms with E-state index in [4.69, 9.17) is 5.73 Å². The van der Waals surface area contributed by atoms with E-state index in [9.17, 15) is 4.79 Å². The van der Waals surface area contributed by atoms with Crippen LogP contribution >= 0.6 is 0 Å². The summed E-state index contributed by atoms with van der Waals surface area (Å²) in [6.07, 6.45) is 0. The maximum atomic E-state index is 11.3. The number of nitrogen functional groups attached to an aromatic ring is 1. The SMILES string of the molecule is CC(=O)N1CCN(c2ccc(N)cc2)C(C)C1. The fourth-order valence-corrected chi connectivity index (χ4v) is 2.29. The zero-order valence-electron chi connectivity index (χ0n) is 10.4. The lowest BCUT2D eigenvalue weighted by molar-refractivity contribution is -0.129. The lowest BCUT2D eigenvalue weighted by Gasteiger charge is -2.41. The molecule has 0 aromatic heterocycles. The number of hydrogen-bond acceptors (Lipinski definition) is 3. The van der Waals surface area contributed by atoms with Gasteiger partial charge < -0.3 is 15.5 Å². The molecule has 0 saturated carbocycles. The van der Waals surface area contributed by atoms with Crippen molar-refractivity contribution in [3.05, 3.63) is 24.3 Å². The first-order valence-electron chi connectivity index (χ1n) is 5.95. The van der Waals surface area contributed by atoms with Gasteiger partial charge in [0.25, 0.3) is 0 Å². The Morgan fingerprint density at radius 1 is 1.29 bits per heavy atom. The molecule has 1 aromatic carbocycles. The van der Waals surface area contributed by atoms with Crippen molar-refractivity contribution in [1.82, 2.24) is 4.90 Å². The molecule has 1 aliphatic heterocycles. The summed E-state index contributed by atoms with van der Waals surface area (Å²) >= 11 is 0. The van der Waals surface area contributed by atoms with Crippen molar-refractivity contribution in [3.8, 4) is 0 Å². The first-order valence-corrected chi connectivity index (χ1v) is 5.95. The highest BCUT2D eigenvalue weighted by Gasteiger charge is 2.24. The molecule has 17 heavy (non-hydrogen) atoms. The third-order valence-corrected chi connectivity index (χ3v) is 3.30. The van der Waals surface area contributed by atoms with Crippen molar-refractivity contribution in [1.29, 1.82) is 0 Å². The molecule has 2 rings (SSSR count). The molecule has 0 spiro atoms. The predicted octanol–water partition coefficient (Wildman–Crippen LogP) is 1.33. The zero-order valence-corrected chi connectivity index (χ0v) is 10.4. The summed E-state index contributed by atoms with van der Waals surface area (Å²) in [6, 6.07) is 8.25. The van der Waals surface area contributed by atoms with Gasteiger partial charge in [0.15, 0.2) is 0 Å². The van der Waals surface area contributed by atoms with Gasteiger partial charge in [-0.05, 0) is 31.2 Å². The van der Waals surface area contributed by atoms with E-state index in [0.717, 1.165) is 25.3 Å². The summed E-state index contributed by atoms with van der Waals surface area (Å²) in [5.41, 5.74) is 7.64. The standard InChI is InChI=1S/C13H19N3O/c1-10-9-15(11(2)17)7-8-16(10)13-5-3-12(14)4-6-13/h3-6,10H,7-9,14H2,1-2H3. The highest BCUT2D eigenvalue weighted by molar-refractivity contribution is 5.73. The largest absolute Gasteiger partial charge is 0.399 e. The van der Waals surface area contributed by atoms with Crippen LogP contribution in [0.3, 0.4) is 0 Å². The van der Waals surface area contributed by atoms with Crippen LogP contribution in [0.25, 0.3) is 0 Å². The van der Waals surface area contributed by atoms with Crippen molar-refractivity contribution in [2.45, 2.75) is 19.9 Å². The molecule has 2 N–H and O–H groups in total. The highest BCUT2D eigenvalue weighted by atomic mass is 16.2. The fourth-order valence-electron chi connectivity index (χ4n) is 2.29. The predicted molar refractivity (Wildman–Crippen MR) is 69.9 cm³/mol. The monoisotopic (exact) mass is 233 g/mol. The third kappa shape index (κ3) is 2.52. The highest BCUT2D eigenvalue weighted by Crippen LogP contribution is 2.21. The van der Waals surface area contributed by atoms with E-state index in [1.54, 1.807) is 6.92 Å². The van der Waals surface area contributed by atoms with Crippen molar-refractivity contribution in [2.75, 3.05) is 30.3 Å². The average Bonchev–Trinajstić information content (AvgIpc) is 2.30. The van der Waals surface area contributed by atoms with Gasteiger partial charge in [-0.15, -0.1) is 0 Å². The molecule has 4 nitrogen and oxygen atoms in total. The minimum atomic E-state index is 0.161. The van der Waals surface area contributed by atoms with E-state index in [2.05, 4.69) is 11.8 Å². The Labute approximate surface area is 102 Å². The Morgan fingerprint density at radius 3 is 2.47 bits per heavy atom. The van der Waals surface area contributed by atoms with Gasteiger partial charge in [0, 0.05) is 44.0 Å². The van der Waals surface area contributed by atoms with E-state index >= 15 is 0 Å². The molecule has 4 heteroatoms. The van der Waals surface area contributed by atoms with Crippen LogP contribution in [0.1, 0.15) is 13.8 Å². The lowest BCUT2D eigenvalue weighted by atomic mass is 10.1. The molecule has 1 amide bonds. The Balaban J connectivity index is 2.09. The number of piperazine rings is 1. The van der Waals surface area contributed by atoms with Crippen LogP contribution in [0, 0.1) is 0 Å². The van der Waals surface area contributed by atoms with Gasteiger partial charge in [0.1, 0.15) is 0 Å². The molecule has 92 valence electrons. The molecular formula is C13H19N3O. The zero-order chi connectivity index (χ0) is 12.4. The normalized spacial score (nSPS) is 20.5. The second kappa shape index (κ2) is 4.65. The van der Waals surface area contributed by atoms with Crippen LogP contribution in [-0.4, -0.2) is 36.5 Å². The van der Waals surface area contributed by atoms with E-state index in [-0.39, 0.29) is 5.91 Å². The molecule has 1 atom stereocenters. The molecule has 1 saturated heterocycles. The Bertz CT molecular complexity index is 402. The van der Waals surface area contributed by atoms with E-state index in [0.29, 0.717) is 6.04 Å². The molecule has 1 unspecified atom stereocenters. The van der Waals surface area contributed by atoms with Crippen molar-refractivity contribution in [3.63, 3.8) is 0 Å². The first-order chi connectivity index (χ1) is 8.08. The Kier molecular flexibility index (Phi) is 3.22. The van der Waals surface area contributed by atoms with Crippen LogP contribution in [0.2, 0.25) is 0 Å². The van der Waals surface area contributed by atoms with E-state index in [1.165, 1.54) is 5.69 Å². The summed E-state index contributed by atoms with van der Waals surface area (Å²) in [7, 11) is 0. The van der Waals surface area contributed by atoms with Gasteiger partial charge in [-0.3, -0.25) is 4.79 Å². The van der Waals surface area contributed by atoms with E-state index in [1.807, 2.05) is 29.2 Å². The second-order valence-corrected chi connectivity index (χ2v) is 4.60. The quantitative estimate of drug-likeness (QED) is 0.744. The van der Waals surface area contributed by atoms with Crippen molar-refractivity contribution in [2.24, 2.45) is 0 Å². The van der Waals surface area contributed by atoms with Crippen LogP contribution in [-0.2, 0) is 4.79 Å². The van der Waals surface area contributed by atoms with Gasteiger partial charge in [-0.2, -0.15) is 0 Å². The Hall–Kier alpha value is -1.71. The maximum Gasteiger partial charge on any atom is 0.219 e. The minimum absolute atomic E-state index is 0.161. The number of benzene rings is 1. The van der Waals surface area contributed by atoms with Gasteiger partial charge in [0.05, 0.1) is 0 Å². The molecule has 1 heterocycles. The number of carbonyl (C=O) groups excluding carboxylic acids is 1. The van der Waals surface area contributed by atoms with Crippen LogP contribution in [0.15, 0.2) is 24.3 Å². The number of nitrogens with two attached hydrogens (primary N) is 1. The summed E-state index contributed by atoms with van der Waals surface area (Å²) < 4.78 is 0. The average molecular weight is 233 g/mol. The number of hydrogen-bond donors (Lipinski definition) is 1. The molecule has 0 bridgehead atoms. The van der Waals surface area contributed by atoms with E-state index < -0.39 is 0 Å². The number of anilines is 2. The van der Waals surface area contributed by atoms with Crippen LogP contribution in [0.5, 0.6) is 0 Å². The fraction of sp³-hybridized carbons (Fsp3) is 0.462. The number of nitrogens with zero attached hydrogens (tertiary/aromatic N) is 2. The maximum absolute atomic E-state index is 11.3. The molecular weight excluding hydrogens is 214 g/mol. The summed E-state index contributed by atoms with van der Waals surface area (Å²) in [5, 5.41) is 0. The Morgan fingerprint density at radius 2 is 1.94 bits per heavy atom. The van der Waals surface area contributed by atoms with Crippen LogP contribution < -0.4 is 10.6 Å². The number of rotatable bonds is 1. The third-order valence-electron chi connectivity index (χ3n) is 3.30. The van der Waals surface area contributed by atoms with Gasteiger partial charge in [-0.25, -0.2) is 0 Å². The first kappa shape index (κ1) is 11.8.